The molecule has 2 bridgehead atoms. The van der Waals surface area contributed by atoms with Gasteiger partial charge in [0.1, 0.15) is 0 Å². The third-order valence-electron chi connectivity index (χ3n) is 3.35. The van der Waals surface area contributed by atoms with Gasteiger partial charge < -0.3 is 0 Å². The van der Waals surface area contributed by atoms with Gasteiger partial charge in [-0.25, -0.2) is 0 Å². The summed E-state index contributed by atoms with van der Waals surface area (Å²) in [7, 11) is 0. The summed E-state index contributed by atoms with van der Waals surface area (Å²) in [6, 6.07) is 10.9. The molecule has 0 heterocycles. The van der Waals surface area contributed by atoms with Gasteiger partial charge in [0, 0.05) is 4.32 Å². The molecule has 0 unspecified atom stereocenters. The molecule has 1 aromatic rings. The summed E-state index contributed by atoms with van der Waals surface area (Å²) < 4.78 is 0.544. The second-order valence-electron chi connectivity index (χ2n) is 4.33. The van der Waals surface area contributed by atoms with Crippen molar-refractivity contribution in [3.8, 4) is 0 Å². The fourth-order valence-electron chi connectivity index (χ4n) is 2.76. The van der Waals surface area contributed by atoms with Crippen LogP contribution in [0.25, 0.3) is 0 Å². The van der Waals surface area contributed by atoms with Crippen LogP contribution in [0.1, 0.15) is 24.8 Å². The minimum Gasteiger partial charge on any atom is -0.0852 e. The molecule has 3 fully saturated rings. The predicted molar refractivity (Wildman–Crippen MR) is 53.6 cm³/mol. The van der Waals surface area contributed by atoms with Crippen LogP contribution in [0.15, 0.2) is 30.3 Å². The van der Waals surface area contributed by atoms with E-state index >= 15 is 0 Å². The molecule has 12 heavy (non-hydrogen) atoms. The molecule has 0 saturated heterocycles. The molecule has 0 atom stereocenters. The van der Waals surface area contributed by atoms with Crippen molar-refractivity contribution in [1.82, 2.24) is 0 Å². The second-order valence-corrected chi connectivity index (χ2v) is 6.01. The highest BCUT2D eigenvalue weighted by Crippen LogP contribution is 2.71. The predicted octanol–water partition coefficient (Wildman–Crippen LogP) is 3.26. The first kappa shape index (κ1) is 7.14. The van der Waals surface area contributed by atoms with Gasteiger partial charge in [-0.1, -0.05) is 46.3 Å². The fraction of sp³-hybridized carbons (Fsp3) is 0.455. The molecule has 0 radical (unpaired) electrons. The number of benzene rings is 1. The van der Waals surface area contributed by atoms with Crippen LogP contribution < -0.4 is 0 Å². The zero-order valence-corrected chi connectivity index (χ0v) is 8.47. The van der Waals surface area contributed by atoms with E-state index in [0.29, 0.717) is 9.74 Å². The van der Waals surface area contributed by atoms with Crippen LogP contribution in [0.4, 0.5) is 0 Å². The van der Waals surface area contributed by atoms with Gasteiger partial charge in [-0.2, -0.15) is 0 Å². The third-order valence-corrected chi connectivity index (χ3v) is 4.19. The third kappa shape index (κ3) is 0.731. The first-order valence-electron chi connectivity index (χ1n) is 4.47. The summed E-state index contributed by atoms with van der Waals surface area (Å²) in [6.45, 7) is 0. The van der Waals surface area contributed by atoms with Crippen molar-refractivity contribution >= 4 is 15.9 Å². The van der Waals surface area contributed by atoms with Crippen molar-refractivity contribution in [2.45, 2.75) is 29.0 Å². The Labute approximate surface area is 81.1 Å². The van der Waals surface area contributed by atoms with Crippen LogP contribution in [-0.4, -0.2) is 4.32 Å². The Morgan fingerprint density at radius 1 is 1.00 bits per heavy atom. The highest BCUT2D eigenvalue weighted by atomic mass is 79.9. The molecule has 0 nitrogen and oxygen atoms in total. The number of alkyl halides is 1. The van der Waals surface area contributed by atoms with Gasteiger partial charge in [-0.05, 0) is 30.2 Å². The lowest BCUT2D eigenvalue weighted by atomic mass is 9.42. The molecule has 3 saturated carbocycles. The maximum absolute atomic E-state index is 3.76. The Morgan fingerprint density at radius 3 is 2.08 bits per heavy atom. The smallest absolute Gasteiger partial charge is 0.0283 e. The largest absolute Gasteiger partial charge is 0.0852 e. The molecule has 0 aromatic heterocycles. The minimum atomic E-state index is 0.544. The van der Waals surface area contributed by atoms with Gasteiger partial charge in [0.05, 0.1) is 0 Å². The van der Waals surface area contributed by atoms with E-state index in [0.717, 1.165) is 0 Å². The van der Waals surface area contributed by atoms with E-state index < -0.39 is 0 Å². The summed E-state index contributed by atoms with van der Waals surface area (Å²) in [5.74, 6) is 0. The Kier molecular flexibility index (Phi) is 1.16. The van der Waals surface area contributed by atoms with Crippen molar-refractivity contribution in [2.24, 2.45) is 0 Å². The van der Waals surface area contributed by atoms with Gasteiger partial charge in [-0.3, -0.25) is 0 Å². The van der Waals surface area contributed by atoms with E-state index in [2.05, 4.69) is 46.3 Å². The SMILES string of the molecule is BrC12CC(c3ccccc3)(C1)C2. The number of hydrogen-bond acceptors (Lipinski definition) is 0. The Hall–Kier alpha value is -0.300. The van der Waals surface area contributed by atoms with E-state index in [4.69, 9.17) is 0 Å². The average molecular weight is 223 g/mol. The van der Waals surface area contributed by atoms with Gasteiger partial charge in [0.25, 0.3) is 0 Å². The van der Waals surface area contributed by atoms with Crippen LogP contribution in [-0.2, 0) is 5.41 Å². The first-order valence-corrected chi connectivity index (χ1v) is 5.26. The molecule has 3 aliphatic rings. The maximum Gasteiger partial charge on any atom is 0.0283 e. The van der Waals surface area contributed by atoms with E-state index in [1.54, 1.807) is 5.56 Å². The first-order chi connectivity index (χ1) is 5.73. The molecule has 3 aliphatic carbocycles. The number of hydrogen-bond donors (Lipinski definition) is 0. The van der Waals surface area contributed by atoms with Crippen molar-refractivity contribution in [3.05, 3.63) is 35.9 Å². The number of halogens is 1. The van der Waals surface area contributed by atoms with Crippen LogP contribution in [0.3, 0.4) is 0 Å². The molecule has 0 aliphatic heterocycles. The van der Waals surface area contributed by atoms with Crippen molar-refractivity contribution in [1.29, 1.82) is 0 Å². The second kappa shape index (κ2) is 1.95. The Balaban J connectivity index is 1.94. The molecule has 0 spiro atoms. The van der Waals surface area contributed by atoms with E-state index in [1.165, 1.54) is 19.3 Å². The fourth-order valence-corrected chi connectivity index (χ4v) is 4.37. The molecular weight excluding hydrogens is 212 g/mol. The topological polar surface area (TPSA) is 0 Å². The summed E-state index contributed by atoms with van der Waals surface area (Å²) in [5.41, 5.74) is 2.12. The quantitative estimate of drug-likeness (QED) is 0.641. The zero-order valence-electron chi connectivity index (χ0n) is 6.89. The lowest BCUT2D eigenvalue weighted by Crippen LogP contribution is -2.65. The van der Waals surface area contributed by atoms with E-state index in [1.807, 2.05) is 0 Å². The highest BCUT2D eigenvalue weighted by molar-refractivity contribution is 9.10. The van der Waals surface area contributed by atoms with Gasteiger partial charge in [0.2, 0.25) is 0 Å². The average Bonchev–Trinajstić information content (AvgIpc) is 1.99. The minimum absolute atomic E-state index is 0.544. The van der Waals surface area contributed by atoms with Gasteiger partial charge >= 0.3 is 0 Å². The monoisotopic (exact) mass is 222 g/mol. The molecule has 0 amide bonds. The molecule has 4 rings (SSSR count). The van der Waals surface area contributed by atoms with E-state index in [-0.39, 0.29) is 0 Å². The van der Waals surface area contributed by atoms with Crippen molar-refractivity contribution < 1.29 is 0 Å². The summed E-state index contributed by atoms with van der Waals surface area (Å²) in [6.07, 6.45) is 4.05. The Morgan fingerprint density at radius 2 is 1.58 bits per heavy atom. The molecule has 1 aromatic carbocycles. The molecule has 0 N–H and O–H groups in total. The van der Waals surface area contributed by atoms with Crippen LogP contribution in [0.5, 0.6) is 0 Å². The molecule has 1 heteroatoms. The standard InChI is InChI=1S/C11H11Br/c12-11-6-10(7-11,8-11)9-4-2-1-3-5-9/h1-5H,6-8H2. The van der Waals surface area contributed by atoms with Crippen molar-refractivity contribution in [3.63, 3.8) is 0 Å². The molecular formula is C11H11Br. The normalized spacial score (nSPS) is 43.1. The molecule has 62 valence electrons. The summed E-state index contributed by atoms with van der Waals surface area (Å²) >= 11 is 3.76. The summed E-state index contributed by atoms with van der Waals surface area (Å²) in [4.78, 5) is 0. The van der Waals surface area contributed by atoms with Gasteiger partial charge in [-0.15, -0.1) is 0 Å². The maximum atomic E-state index is 3.76. The van der Waals surface area contributed by atoms with Crippen LogP contribution in [0, 0.1) is 0 Å². The van der Waals surface area contributed by atoms with Crippen LogP contribution >= 0.6 is 15.9 Å². The van der Waals surface area contributed by atoms with Crippen LogP contribution in [0.2, 0.25) is 0 Å². The van der Waals surface area contributed by atoms with Crippen molar-refractivity contribution in [2.75, 3.05) is 0 Å². The highest BCUT2D eigenvalue weighted by Gasteiger charge is 2.66. The van der Waals surface area contributed by atoms with E-state index in [9.17, 15) is 0 Å². The van der Waals surface area contributed by atoms with Gasteiger partial charge in [0.15, 0.2) is 0 Å². The lowest BCUT2D eigenvalue weighted by molar-refractivity contribution is 0.0136. The zero-order chi connectivity index (χ0) is 8.23. The number of rotatable bonds is 1. The lowest BCUT2D eigenvalue weighted by Gasteiger charge is -2.68. The summed E-state index contributed by atoms with van der Waals surface area (Å²) in [5, 5.41) is 0. The Bertz CT molecular complexity index is 295.